The van der Waals surface area contributed by atoms with E-state index in [0.717, 1.165) is 0 Å². The number of hydrogen-bond donors (Lipinski definition) is 3. The number of carbonyl (C=O) groups is 1. The van der Waals surface area contributed by atoms with Crippen LogP contribution in [0.15, 0.2) is 6.20 Å². The number of amides is 1. The van der Waals surface area contributed by atoms with E-state index in [1.165, 1.54) is 13.3 Å². The number of rotatable bonds is 5. The molecule has 1 aromatic rings. The van der Waals surface area contributed by atoms with Crippen molar-refractivity contribution in [3.05, 3.63) is 11.9 Å². The minimum atomic E-state index is -0.712. The number of methoxy groups -OCH3 is 1. The summed E-state index contributed by atoms with van der Waals surface area (Å²) in [6.45, 7) is 0.304. The van der Waals surface area contributed by atoms with Gasteiger partial charge in [-0.3, -0.25) is 4.79 Å². The number of aliphatic hydroxyl groups excluding tert-OH is 1. The Bertz CT molecular complexity index is 274. The zero-order valence-electron chi connectivity index (χ0n) is 7.73. The molecule has 1 amide bonds. The standard InChI is InChI=1S/C7H12N4O3/c1-14-4-5(12)2-8-7(13)6-3-9-11-10-6/h3,5,12H,2,4H2,1H3,(H,8,13)(H,9,10,11). The molecule has 78 valence electrons. The second-order valence-electron chi connectivity index (χ2n) is 2.67. The third-order valence-corrected chi connectivity index (χ3v) is 1.50. The number of ether oxygens (including phenoxy) is 1. The molecule has 0 aliphatic carbocycles. The highest BCUT2D eigenvalue weighted by Crippen LogP contribution is 1.88. The topological polar surface area (TPSA) is 100 Å². The van der Waals surface area contributed by atoms with Crippen molar-refractivity contribution >= 4 is 5.91 Å². The van der Waals surface area contributed by atoms with Crippen LogP contribution in [0.3, 0.4) is 0 Å². The van der Waals surface area contributed by atoms with Gasteiger partial charge in [0.15, 0.2) is 5.69 Å². The van der Waals surface area contributed by atoms with Crippen molar-refractivity contribution in [2.45, 2.75) is 6.10 Å². The molecule has 0 aliphatic rings. The van der Waals surface area contributed by atoms with E-state index in [4.69, 9.17) is 4.74 Å². The first kappa shape index (κ1) is 10.6. The Hall–Kier alpha value is -1.47. The van der Waals surface area contributed by atoms with E-state index in [9.17, 15) is 9.90 Å². The van der Waals surface area contributed by atoms with Crippen LogP contribution in [-0.2, 0) is 4.74 Å². The van der Waals surface area contributed by atoms with E-state index >= 15 is 0 Å². The van der Waals surface area contributed by atoms with E-state index in [1.54, 1.807) is 0 Å². The van der Waals surface area contributed by atoms with Crippen molar-refractivity contribution in [3.63, 3.8) is 0 Å². The van der Waals surface area contributed by atoms with Crippen LogP contribution in [0.25, 0.3) is 0 Å². The molecule has 7 heteroatoms. The Morgan fingerprint density at radius 2 is 2.64 bits per heavy atom. The summed E-state index contributed by atoms with van der Waals surface area (Å²) in [4.78, 5) is 11.2. The fourth-order valence-electron chi connectivity index (χ4n) is 0.863. The third kappa shape index (κ3) is 3.11. The van der Waals surface area contributed by atoms with Crippen LogP contribution < -0.4 is 5.32 Å². The lowest BCUT2D eigenvalue weighted by Crippen LogP contribution is -2.34. The average Bonchev–Trinajstić information content (AvgIpc) is 2.67. The molecule has 0 saturated heterocycles. The second kappa shape index (κ2) is 5.30. The Morgan fingerprint density at radius 1 is 1.86 bits per heavy atom. The quantitative estimate of drug-likeness (QED) is 0.539. The smallest absolute Gasteiger partial charge is 0.273 e. The van der Waals surface area contributed by atoms with Gasteiger partial charge < -0.3 is 15.2 Å². The minimum absolute atomic E-state index is 0.125. The van der Waals surface area contributed by atoms with Gasteiger partial charge >= 0.3 is 0 Å². The Balaban J connectivity index is 2.28. The molecule has 0 saturated carbocycles. The number of H-pyrrole nitrogens is 1. The maximum Gasteiger partial charge on any atom is 0.273 e. The molecular weight excluding hydrogens is 188 g/mol. The van der Waals surface area contributed by atoms with E-state index in [1.807, 2.05) is 0 Å². The number of hydrogen-bond acceptors (Lipinski definition) is 5. The minimum Gasteiger partial charge on any atom is -0.389 e. The predicted molar refractivity (Wildman–Crippen MR) is 46.6 cm³/mol. The number of nitrogens with zero attached hydrogens (tertiary/aromatic N) is 2. The summed E-state index contributed by atoms with van der Waals surface area (Å²) < 4.78 is 4.69. The van der Waals surface area contributed by atoms with E-state index < -0.39 is 6.10 Å². The summed E-state index contributed by atoms with van der Waals surface area (Å²) in [7, 11) is 1.47. The van der Waals surface area contributed by atoms with Gasteiger partial charge in [0.05, 0.1) is 18.9 Å². The molecule has 3 N–H and O–H groups in total. The number of aromatic amines is 1. The lowest BCUT2D eigenvalue weighted by molar-refractivity contribution is 0.0608. The molecule has 14 heavy (non-hydrogen) atoms. The summed E-state index contributed by atoms with van der Waals surface area (Å²) in [5.74, 6) is -0.381. The normalized spacial score (nSPS) is 12.4. The first-order valence-corrected chi connectivity index (χ1v) is 4.05. The zero-order chi connectivity index (χ0) is 10.4. The summed E-state index contributed by atoms with van der Waals surface area (Å²) in [6.07, 6.45) is 0.591. The molecule has 0 radical (unpaired) electrons. The van der Waals surface area contributed by atoms with Crippen LogP contribution in [0, 0.1) is 0 Å². The maximum atomic E-state index is 11.2. The molecule has 1 rings (SSSR count). The highest BCUT2D eigenvalue weighted by molar-refractivity contribution is 5.91. The molecule has 0 fully saturated rings. The van der Waals surface area contributed by atoms with Crippen molar-refractivity contribution in [3.8, 4) is 0 Å². The van der Waals surface area contributed by atoms with Crippen molar-refractivity contribution < 1.29 is 14.6 Å². The lowest BCUT2D eigenvalue weighted by Gasteiger charge is -2.09. The van der Waals surface area contributed by atoms with Crippen molar-refractivity contribution in [1.29, 1.82) is 0 Å². The summed E-state index contributed by atoms with van der Waals surface area (Å²) in [5.41, 5.74) is 0.189. The highest BCUT2D eigenvalue weighted by atomic mass is 16.5. The molecule has 0 spiro atoms. The lowest BCUT2D eigenvalue weighted by atomic mass is 10.3. The van der Waals surface area contributed by atoms with Gasteiger partial charge in [0.1, 0.15) is 0 Å². The Labute approximate surface area is 80.5 Å². The fourth-order valence-corrected chi connectivity index (χ4v) is 0.863. The second-order valence-corrected chi connectivity index (χ2v) is 2.67. The van der Waals surface area contributed by atoms with E-state index in [-0.39, 0.29) is 24.8 Å². The van der Waals surface area contributed by atoms with Crippen molar-refractivity contribution in [2.75, 3.05) is 20.3 Å². The summed E-state index contributed by atoms with van der Waals surface area (Å²) in [6, 6.07) is 0. The summed E-state index contributed by atoms with van der Waals surface area (Å²) in [5, 5.41) is 21.1. The van der Waals surface area contributed by atoms with Gasteiger partial charge in [-0.2, -0.15) is 15.4 Å². The molecule has 1 heterocycles. The zero-order valence-corrected chi connectivity index (χ0v) is 7.73. The first-order chi connectivity index (χ1) is 6.74. The molecule has 0 aliphatic heterocycles. The fraction of sp³-hybridized carbons (Fsp3) is 0.571. The van der Waals surface area contributed by atoms with Gasteiger partial charge in [0.2, 0.25) is 0 Å². The number of aromatic nitrogens is 3. The molecule has 0 bridgehead atoms. The van der Waals surface area contributed by atoms with Gasteiger partial charge in [-0.1, -0.05) is 0 Å². The molecule has 7 nitrogen and oxygen atoms in total. The van der Waals surface area contributed by atoms with Gasteiger partial charge in [0.25, 0.3) is 5.91 Å². The van der Waals surface area contributed by atoms with Crippen molar-refractivity contribution in [2.24, 2.45) is 0 Å². The van der Waals surface area contributed by atoms with Crippen LogP contribution >= 0.6 is 0 Å². The molecule has 1 unspecified atom stereocenters. The van der Waals surface area contributed by atoms with Gasteiger partial charge in [-0.05, 0) is 0 Å². The van der Waals surface area contributed by atoms with Crippen LogP contribution in [0.2, 0.25) is 0 Å². The van der Waals surface area contributed by atoms with Crippen molar-refractivity contribution in [1.82, 2.24) is 20.7 Å². The van der Waals surface area contributed by atoms with Crippen LogP contribution in [0.4, 0.5) is 0 Å². The van der Waals surface area contributed by atoms with Crippen LogP contribution in [0.1, 0.15) is 10.5 Å². The maximum absolute atomic E-state index is 11.2. The van der Waals surface area contributed by atoms with Gasteiger partial charge in [0, 0.05) is 13.7 Å². The predicted octanol–water partition coefficient (Wildman–Crippen LogP) is -1.46. The molecule has 1 aromatic heterocycles. The largest absolute Gasteiger partial charge is 0.389 e. The number of nitrogens with one attached hydrogen (secondary N) is 2. The Kier molecular flexibility index (Phi) is 4.02. The highest BCUT2D eigenvalue weighted by Gasteiger charge is 2.10. The first-order valence-electron chi connectivity index (χ1n) is 4.05. The van der Waals surface area contributed by atoms with E-state index in [2.05, 4.69) is 20.7 Å². The van der Waals surface area contributed by atoms with Crippen LogP contribution in [-0.4, -0.2) is 52.8 Å². The number of carbonyl (C=O) groups excluding carboxylic acids is 1. The molecule has 1 atom stereocenters. The third-order valence-electron chi connectivity index (χ3n) is 1.50. The molecule has 0 aromatic carbocycles. The summed E-state index contributed by atoms with van der Waals surface area (Å²) >= 11 is 0. The monoisotopic (exact) mass is 200 g/mol. The SMILES string of the molecule is COCC(O)CNC(=O)c1cn[nH]n1. The van der Waals surface area contributed by atoms with E-state index in [0.29, 0.717) is 0 Å². The molecular formula is C7H12N4O3. The number of aliphatic hydroxyl groups is 1. The van der Waals surface area contributed by atoms with Gasteiger partial charge in [-0.15, -0.1) is 0 Å². The Morgan fingerprint density at radius 3 is 3.21 bits per heavy atom. The average molecular weight is 200 g/mol. The van der Waals surface area contributed by atoms with Gasteiger partial charge in [-0.25, -0.2) is 0 Å². The van der Waals surface area contributed by atoms with Crippen LogP contribution in [0.5, 0.6) is 0 Å².